The van der Waals surface area contributed by atoms with Crippen LogP contribution in [0.2, 0.25) is 0 Å². The summed E-state index contributed by atoms with van der Waals surface area (Å²) < 4.78 is 11.4. The number of carbonyl (C=O) groups is 5. The second-order valence-corrected chi connectivity index (χ2v) is 21.6. The molecule has 0 aliphatic heterocycles. The third kappa shape index (κ3) is 9.41. The Labute approximate surface area is 410 Å². The first-order valence-electron chi connectivity index (χ1n) is 25.8. The average molecular weight is 938 g/mol. The molecule has 0 spiro atoms. The average Bonchev–Trinajstić information content (AvgIpc) is 3.38. The number of hydrogen-bond donors (Lipinski definition) is 3. The van der Waals surface area contributed by atoms with Gasteiger partial charge in [-0.05, 0) is 126 Å². The normalized spacial score (nSPS) is 26.3. The molecule has 360 valence electrons. The summed E-state index contributed by atoms with van der Waals surface area (Å²) in [6.45, 7) is 0.659. The van der Waals surface area contributed by atoms with E-state index >= 15 is 9.59 Å². The van der Waals surface area contributed by atoms with Crippen molar-refractivity contribution >= 4 is 35.3 Å². The highest BCUT2D eigenvalue weighted by Gasteiger charge is 2.56. The molecule has 5 aromatic carbocycles. The van der Waals surface area contributed by atoms with Crippen LogP contribution in [0.1, 0.15) is 143 Å². The van der Waals surface area contributed by atoms with Gasteiger partial charge < -0.3 is 25.4 Å². The van der Waals surface area contributed by atoms with E-state index in [1.54, 1.807) is 0 Å². The number of nitrogens with one attached hydrogen (secondary N) is 3. The summed E-state index contributed by atoms with van der Waals surface area (Å²) in [5.41, 5.74) is 6.29. The van der Waals surface area contributed by atoms with E-state index in [0.717, 1.165) is 83.2 Å². The van der Waals surface area contributed by atoms with E-state index in [-0.39, 0.29) is 59.1 Å². The molecule has 13 rings (SSSR count). The van der Waals surface area contributed by atoms with E-state index < -0.39 is 41.6 Å². The monoisotopic (exact) mass is 937 g/mol. The number of amides is 3. The summed E-state index contributed by atoms with van der Waals surface area (Å²) in [5, 5.41) is 9.79. The van der Waals surface area contributed by atoms with E-state index in [2.05, 4.69) is 40.2 Å². The predicted octanol–water partition coefficient (Wildman–Crippen LogP) is 10.7. The van der Waals surface area contributed by atoms with E-state index in [1.807, 2.05) is 84.9 Å². The maximum atomic E-state index is 15.5. The van der Waals surface area contributed by atoms with Gasteiger partial charge in [0.1, 0.15) is 19.3 Å². The second kappa shape index (κ2) is 19.7. The van der Waals surface area contributed by atoms with Gasteiger partial charge in [0.05, 0.1) is 23.0 Å². The van der Waals surface area contributed by atoms with Gasteiger partial charge in [-0.2, -0.15) is 0 Å². The fraction of sp³-hybridized carbons (Fsp3) is 0.417. The Balaban J connectivity index is 0.892. The highest BCUT2D eigenvalue weighted by atomic mass is 16.5. The Hall–Kier alpha value is -6.55. The minimum absolute atomic E-state index is 0.0127. The number of benzene rings is 5. The van der Waals surface area contributed by atoms with Crippen molar-refractivity contribution in [3.63, 3.8) is 0 Å². The van der Waals surface area contributed by atoms with Crippen LogP contribution in [0.15, 0.2) is 127 Å². The zero-order valence-corrected chi connectivity index (χ0v) is 39.8. The fourth-order valence-electron chi connectivity index (χ4n) is 14.2. The summed E-state index contributed by atoms with van der Waals surface area (Å²) in [7, 11) is 0. The molecule has 8 aliphatic rings. The Kier molecular flexibility index (Phi) is 12.9. The first-order valence-corrected chi connectivity index (χ1v) is 25.8. The number of carbonyl (C=O) groups excluding carboxylic acids is 5. The Morgan fingerprint density at radius 1 is 0.557 bits per heavy atom. The first-order chi connectivity index (χ1) is 34.2. The van der Waals surface area contributed by atoms with Crippen LogP contribution in [-0.4, -0.2) is 42.2 Å². The summed E-state index contributed by atoms with van der Waals surface area (Å²) in [5.74, 6) is -2.01. The third-order valence-corrected chi connectivity index (χ3v) is 16.9. The van der Waals surface area contributed by atoms with Crippen molar-refractivity contribution in [2.45, 2.75) is 108 Å². The topological polar surface area (TPSA) is 140 Å². The number of ether oxygens (including phenoxy) is 2. The molecule has 3 amide bonds. The zero-order chi connectivity index (χ0) is 47.8. The van der Waals surface area contributed by atoms with Crippen molar-refractivity contribution in [2.24, 2.45) is 40.9 Å². The molecule has 0 saturated heterocycles. The fourth-order valence-corrected chi connectivity index (χ4v) is 14.2. The number of fused-ring (bicyclic) bond motifs is 1. The number of rotatable bonds is 15. The minimum Gasteiger partial charge on any atom is -0.457 e. The summed E-state index contributed by atoms with van der Waals surface area (Å²) in [6.07, 6.45) is 12.9. The molecule has 70 heavy (non-hydrogen) atoms. The van der Waals surface area contributed by atoms with Crippen molar-refractivity contribution in [1.82, 2.24) is 10.6 Å². The van der Waals surface area contributed by atoms with Crippen molar-refractivity contribution in [2.75, 3.05) is 11.9 Å². The Bertz CT molecular complexity index is 2610. The van der Waals surface area contributed by atoms with Gasteiger partial charge in [0, 0.05) is 24.1 Å². The summed E-state index contributed by atoms with van der Waals surface area (Å²) in [6, 6.07) is 38.5. The molecule has 0 aromatic heterocycles. The number of anilines is 1. The molecule has 5 aromatic rings. The van der Waals surface area contributed by atoms with Gasteiger partial charge in [-0.15, -0.1) is 0 Å². The molecule has 0 heterocycles. The SMILES string of the molecule is O=C(OCc1ccccc1)c1cc(NC(=O)[C@H](CC2CCCCC2)NC(=O)C2C3c4ccccc4C(c4ccccc43)C2C(=O)NCC23CC4CC(CC(C4)C2)C3)cc(C(=O)OCc2ccccc2)c1. The highest BCUT2D eigenvalue weighted by molar-refractivity contribution is 6.02. The van der Waals surface area contributed by atoms with Gasteiger partial charge in [0.25, 0.3) is 0 Å². The first kappa shape index (κ1) is 45.9. The third-order valence-electron chi connectivity index (χ3n) is 16.9. The molecule has 3 N–H and O–H groups in total. The zero-order valence-electron chi connectivity index (χ0n) is 39.8. The van der Waals surface area contributed by atoms with Crippen molar-refractivity contribution in [3.8, 4) is 0 Å². The molecular formula is C60H63N3O7. The van der Waals surface area contributed by atoms with E-state index in [4.69, 9.17) is 9.47 Å². The van der Waals surface area contributed by atoms with E-state index in [9.17, 15) is 14.4 Å². The van der Waals surface area contributed by atoms with Crippen molar-refractivity contribution < 1.29 is 33.4 Å². The summed E-state index contributed by atoms with van der Waals surface area (Å²) in [4.78, 5) is 73.0. The largest absolute Gasteiger partial charge is 0.457 e. The standard InChI is InChI=1S/C60H63N3O7/c64-55(62-45-29-43(58(67)69-34-38-16-6-2-7-17-38)28-44(30-45)59(68)70-35-39-18-8-3-9-19-39)50(27-37-14-4-1-5-15-37)63-57(66)54-52-48-22-12-10-20-46(48)51(47-21-11-13-23-49(47)52)53(54)56(65)61-36-60-31-40-24-41(32-60)26-42(25-40)33-60/h2-3,6-13,16-23,28-30,37,40-42,50-54H,1,4-5,14-15,24-27,31-36H2,(H,61,65)(H,62,64)(H,63,66)/t40?,41?,42?,50-,51?,52?,53?,54?,60?/m0/s1. The van der Waals surface area contributed by atoms with Crippen LogP contribution in [0.5, 0.6) is 0 Å². The maximum Gasteiger partial charge on any atom is 0.338 e. The molecule has 3 atom stereocenters. The molecule has 8 aliphatic carbocycles. The molecular weight excluding hydrogens is 875 g/mol. The quantitative estimate of drug-likeness (QED) is 0.0888. The smallest absolute Gasteiger partial charge is 0.338 e. The van der Waals surface area contributed by atoms with Crippen LogP contribution in [0.3, 0.4) is 0 Å². The molecule has 2 unspecified atom stereocenters. The van der Waals surface area contributed by atoms with E-state index in [1.165, 1.54) is 56.7 Å². The lowest BCUT2D eigenvalue weighted by molar-refractivity contribution is -0.139. The van der Waals surface area contributed by atoms with Crippen LogP contribution < -0.4 is 16.0 Å². The molecule has 10 nitrogen and oxygen atoms in total. The van der Waals surface area contributed by atoms with Crippen LogP contribution in [0.4, 0.5) is 5.69 Å². The summed E-state index contributed by atoms with van der Waals surface area (Å²) >= 11 is 0. The lowest BCUT2D eigenvalue weighted by Gasteiger charge is -2.57. The van der Waals surface area contributed by atoms with E-state index in [0.29, 0.717) is 13.0 Å². The Morgan fingerprint density at radius 2 is 1.01 bits per heavy atom. The maximum absolute atomic E-state index is 15.5. The van der Waals surface area contributed by atoms with Crippen LogP contribution in [0, 0.1) is 40.9 Å². The number of hydrogen-bond acceptors (Lipinski definition) is 7. The predicted molar refractivity (Wildman–Crippen MR) is 266 cm³/mol. The minimum atomic E-state index is -0.973. The molecule has 10 heteroatoms. The lowest BCUT2D eigenvalue weighted by Crippen LogP contribution is -2.57. The van der Waals surface area contributed by atoms with Gasteiger partial charge in [0.2, 0.25) is 17.7 Å². The highest BCUT2D eigenvalue weighted by Crippen LogP contribution is 2.61. The Morgan fingerprint density at radius 3 is 1.50 bits per heavy atom. The van der Waals surface area contributed by atoms with Crippen LogP contribution in [0.25, 0.3) is 0 Å². The van der Waals surface area contributed by atoms with Gasteiger partial charge in [0.15, 0.2) is 0 Å². The van der Waals surface area contributed by atoms with Crippen molar-refractivity contribution in [3.05, 3.63) is 172 Å². The van der Waals surface area contributed by atoms with Crippen molar-refractivity contribution in [1.29, 1.82) is 0 Å². The van der Waals surface area contributed by atoms with Gasteiger partial charge in [-0.3, -0.25) is 14.4 Å². The van der Waals surface area contributed by atoms with Gasteiger partial charge >= 0.3 is 11.9 Å². The molecule has 5 saturated carbocycles. The molecule has 6 bridgehead atoms. The molecule has 5 fully saturated rings. The molecule has 0 radical (unpaired) electrons. The van der Waals surface area contributed by atoms with Gasteiger partial charge in [-0.25, -0.2) is 9.59 Å². The lowest BCUT2D eigenvalue weighted by atomic mass is 9.49. The van der Waals surface area contributed by atoms with Crippen LogP contribution >= 0.6 is 0 Å². The van der Waals surface area contributed by atoms with Gasteiger partial charge in [-0.1, -0.05) is 141 Å². The van der Waals surface area contributed by atoms with Crippen LogP contribution in [-0.2, 0) is 37.1 Å². The number of esters is 2. The second-order valence-electron chi connectivity index (χ2n) is 21.6.